The molecule has 6 heteroatoms. The summed E-state index contributed by atoms with van der Waals surface area (Å²) in [6.45, 7) is 5.62. The van der Waals surface area contributed by atoms with Crippen LogP contribution < -0.4 is 15.8 Å². The van der Waals surface area contributed by atoms with Crippen molar-refractivity contribution >= 4 is 18.3 Å². The van der Waals surface area contributed by atoms with Crippen LogP contribution in [-0.4, -0.2) is 32.8 Å². The summed E-state index contributed by atoms with van der Waals surface area (Å²) >= 11 is 0. The molecule has 0 spiro atoms. The maximum absolute atomic E-state index is 12.4. The average molecular weight is 393 g/mol. The van der Waals surface area contributed by atoms with Crippen LogP contribution >= 0.6 is 12.4 Å². The van der Waals surface area contributed by atoms with Crippen molar-refractivity contribution in [2.24, 2.45) is 5.73 Å². The molecule has 27 heavy (non-hydrogen) atoms. The molecule has 0 aliphatic carbocycles. The lowest BCUT2D eigenvalue weighted by Gasteiger charge is -2.15. The number of methoxy groups -OCH3 is 1. The first-order valence-electron chi connectivity index (χ1n) is 8.86. The van der Waals surface area contributed by atoms with Gasteiger partial charge in [0.05, 0.1) is 6.61 Å². The highest BCUT2D eigenvalue weighted by molar-refractivity contribution is 5.94. The van der Waals surface area contributed by atoms with Gasteiger partial charge in [0.25, 0.3) is 5.91 Å². The van der Waals surface area contributed by atoms with Gasteiger partial charge in [0.15, 0.2) is 0 Å². The summed E-state index contributed by atoms with van der Waals surface area (Å²) in [5.74, 6) is 0.957. The minimum absolute atomic E-state index is 0. The molecule has 148 valence electrons. The SMILES string of the molecule is COCCOc1cccc(C(=O)NCC(N)c2ccc(C(C)C)cc2)c1.Cl. The van der Waals surface area contributed by atoms with E-state index in [1.54, 1.807) is 25.3 Å². The zero-order chi connectivity index (χ0) is 18.9. The lowest BCUT2D eigenvalue weighted by molar-refractivity contribution is 0.0950. The molecular weight excluding hydrogens is 364 g/mol. The van der Waals surface area contributed by atoms with Crippen LogP contribution in [0.1, 0.15) is 47.3 Å². The van der Waals surface area contributed by atoms with E-state index in [2.05, 4.69) is 31.3 Å². The lowest BCUT2D eigenvalue weighted by Crippen LogP contribution is -2.31. The average Bonchev–Trinajstić information content (AvgIpc) is 2.66. The van der Waals surface area contributed by atoms with Crippen LogP contribution in [-0.2, 0) is 4.74 Å². The molecule has 1 amide bonds. The molecule has 3 N–H and O–H groups in total. The van der Waals surface area contributed by atoms with E-state index in [1.165, 1.54) is 5.56 Å². The van der Waals surface area contributed by atoms with Gasteiger partial charge < -0.3 is 20.5 Å². The Kier molecular flexibility index (Phi) is 9.86. The maximum Gasteiger partial charge on any atom is 0.251 e. The Morgan fingerprint density at radius 2 is 1.74 bits per heavy atom. The highest BCUT2D eigenvalue weighted by Gasteiger charge is 2.11. The van der Waals surface area contributed by atoms with Gasteiger partial charge in [-0.1, -0.05) is 44.2 Å². The summed E-state index contributed by atoms with van der Waals surface area (Å²) in [6, 6.07) is 15.0. The molecule has 0 saturated carbocycles. The second kappa shape index (κ2) is 11.6. The van der Waals surface area contributed by atoms with E-state index < -0.39 is 0 Å². The summed E-state index contributed by atoms with van der Waals surface area (Å²) < 4.78 is 10.5. The molecule has 0 fully saturated rings. The van der Waals surface area contributed by atoms with Crippen molar-refractivity contribution in [3.8, 4) is 5.75 Å². The Labute approximate surface area is 167 Å². The van der Waals surface area contributed by atoms with E-state index >= 15 is 0 Å². The molecule has 5 nitrogen and oxygen atoms in total. The topological polar surface area (TPSA) is 73.6 Å². The van der Waals surface area contributed by atoms with Gasteiger partial charge in [-0.2, -0.15) is 0 Å². The Morgan fingerprint density at radius 1 is 1.07 bits per heavy atom. The number of nitrogens with two attached hydrogens (primary N) is 1. The largest absolute Gasteiger partial charge is 0.491 e. The number of nitrogens with one attached hydrogen (secondary N) is 1. The molecule has 0 aromatic heterocycles. The summed E-state index contributed by atoms with van der Waals surface area (Å²) in [4.78, 5) is 12.4. The van der Waals surface area contributed by atoms with Gasteiger partial charge in [-0.15, -0.1) is 12.4 Å². The first kappa shape index (κ1) is 23.0. The first-order chi connectivity index (χ1) is 12.5. The van der Waals surface area contributed by atoms with Gasteiger partial charge in [0, 0.05) is 25.3 Å². The van der Waals surface area contributed by atoms with Crippen molar-refractivity contribution in [2.75, 3.05) is 26.9 Å². The second-order valence-corrected chi connectivity index (χ2v) is 6.51. The van der Waals surface area contributed by atoms with Crippen molar-refractivity contribution in [3.63, 3.8) is 0 Å². The molecule has 0 bridgehead atoms. The van der Waals surface area contributed by atoms with E-state index in [-0.39, 0.29) is 24.4 Å². The lowest BCUT2D eigenvalue weighted by atomic mass is 9.99. The number of halogens is 1. The molecule has 2 rings (SSSR count). The summed E-state index contributed by atoms with van der Waals surface area (Å²) in [5, 5.41) is 2.88. The normalized spacial score (nSPS) is 11.6. The molecular formula is C21H29ClN2O3. The van der Waals surface area contributed by atoms with Crippen LogP contribution in [0.15, 0.2) is 48.5 Å². The van der Waals surface area contributed by atoms with Crippen LogP contribution in [0.4, 0.5) is 0 Å². The van der Waals surface area contributed by atoms with Crippen LogP contribution in [0, 0.1) is 0 Å². The minimum atomic E-state index is -0.249. The fraction of sp³-hybridized carbons (Fsp3) is 0.381. The van der Waals surface area contributed by atoms with Gasteiger partial charge in [0.1, 0.15) is 12.4 Å². The predicted molar refractivity (Wildman–Crippen MR) is 111 cm³/mol. The second-order valence-electron chi connectivity index (χ2n) is 6.51. The molecule has 1 unspecified atom stereocenters. The number of ether oxygens (including phenoxy) is 2. The Bertz CT molecular complexity index is 705. The third-order valence-corrected chi connectivity index (χ3v) is 4.17. The van der Waals surface area contributed by atoms with Crippen molar-refractivity contribution in [2.45, 2.75) is 25.8 Å². The Balaban J connectivity index is 0.00000364. The molecule has 0 aliphatic rings. The smallest absolute Gasteiger partial charge is 0.251 e. The summed E-state index contributed by atoms with van der Waals surface area (Å²) in [5.41, 5.74) is 9.03. The van der Waals surface area contributed by atoms with E-state index in [0.717, 1.165) is 5.56 Å². The number of amides is 1. The number of hydrogen-bond donors (Lipinski definition) is 2. The van der Waals surface area contributed by atoms with Gasteiger partial charge in [0.2, 0.25) is 0 Å². The number of carbonyl (C=O) groups excluding carboxylic acids is 1. The quantitative estimate of drug-likeness (QED) is 0.638. The molecule has 1 atom stereocenters. The third-order valence-electron chi connectivity index (χ3n) is 4.17. The predicted octanol–water partition coefficient (Wildman–Crippen LogP) is 3.69. The van der Waals surface area contributed by atoms with Crippen LogP contribution in [0.3, 0.4) is 0 Å². The fourth-order valence-electron chi connectivity index (χ4n) is 2.52. The van der Waals surface area contributed by atoms with Gasteiger partial charge >= 0.3 is 0 Å². The molecule has 0 radical (unpaired) electrons. The monoisotopic (exact) mass is 392 g/mol. The Hall–Kier alpha value is -2.08. The van der Waals surface area contributed by atoms with Gasteiger partial charge in [-0.25, -0.2) is 0 Å². The van der Waals surface area contributed by atoms with Gasteiger partial charge in [-0.3, -0.25) is 4.79 Å². The standard InChI is InChI=1S/C21H28N2O3.ClH/c1-15(2)16-7-9-17(10-8-16)20(22)14-23-21(24)18-5-4-6-19(13-18)26-12-11-25-3;/h4-10,13,15,20H,11-12,14,22H2,1-3H3,(H,23,24);1H. The van der Waals surface area contributed by atoms with E-state index in [0.29, 0.717) is 37.0 Å². The van der Waals surface area contributed by atoms with E-state index in [1.807, 2.05) is 18.2 Å². The molecule has 0 saturated heterocycles. The van der Waals surface area contributed by atoms with E-state index in [4.69, 9.17) is 15.2 Å². The number of hydrogen-bond acceptors (Lipinski definition) is 4. The van der Waals surface area contributed by atoms with E-state index in [9.17, 15) is 4.79 Å². The van der Waals surface area contributed by atoms with Crippen LogP contribution in [0.2, 0.25) is 0 Å². The molecule has 0 aliphatic heterocycles. The first-order valence-corrected chi connectivity index (χ1v) is 8.86. The maximum atomic E-state index is 12.4. The zero-order valence-corrected chi connectivity index (χ0v) is 16.9. The highest BCUT2D eigenvalue weighted by Crippen LogP contribution is 2.18. The number of rotatable bonds is 9. The number of carbonyl (C=O) groups is 1. The van der Waals surface area contributed by atoms with Crippen molar-refractivity contribution in [1.29, 1.82) is 0 Å². The Morgan fingerprint density at radius 3 is 2.37 bits per heavy atom. The van der Waals surface area contributed by atoms with Crippen molar-refractivity contribution < 1.29 is 14.3 Å². The van der Waals surface area contributed by atoms with Crippen LogP contribution in [0.5, 0.6) is 5.75 Å². The summed E-state index contributed by atoms with van der Waals surface area (Å²) in [6.07, 6.45) is 0. The van der Waals surface area contributed by atoms with Crippen LogP contribution in [0.25, 0.3) is 0 Å². The molecule has 0 heterocycles. The summed E-state index contributed by atoms with van der Waals surface area (Å²) in [7, 11) is 1.62. The zero-order valence-electron chi connectivity index (χ0n) is 16.1. The molecule has 2 aromatic rings. The fourth-order valence-corrected chi connectivity index (χ4v) is 2.52. The minimum Gasteiger partial charge on any atom is -0.491 e. The molecule has 2 aromatic carbocycles. The number of benzene rings is 2. The van der Waals surface area contributed by atoms with Gasteiger partial charge in [-0.05, 0) is 35.2 Å². The van der Waals surface area contributed by atoms with Crippen molar-refractivity contribution in [1.82, 2.24) is 5.32 Å². The van der Waals surface area contributed by atoms with Crippen molar-refractivity contribution in [3.05, 3.63) is 65.2 Å². The third kappa shape index (κ3) is 7.21. The highest BCUT2D eigenvalue weighted by atomic mass is 35.5.